The van der Waals surface area contributed by atoms with E-state index in [0.29, 0.717) is 24.2 Å². The number of ether oxygens (including phenoxy) is 3. The minimum absolute atomic E-state index is 0.489. The number of benzene rings is 1. The maximum absolute atomic E-state index is 5.44. The molecule has 2 aromatic heterocycles. The molecule has 1 fully saturated rings. The maximum Gasteiger partial charge on any atom is 0.227 e. The molecule has 2 heterocycles. The number of nitrogens with one attached hydrogen (secondary N) is 2. The molecule has 0 saturated heterocycles. The van der Waals surface area contributed by atoms with Crippen LogP contribution < -0.4 is 20.1 Å². The number of methoxy groups -OCH3 is 3. The van der Waals surface area contributed by atoms with Crippen LogP contribution >= 0.6 is 11.3 Å². The van der Waals surface area contributed by atoms with Crippen molar-refractivity contribution in [1.82, 2.24) is 15.0 Å². The van der Waals surface area contributed by atoms with Gasteiger partial charge in [-0.1, -0.05) is 11.3 Å². The van der Waals surface area contributed by atoms with Crippen LogP contribution in [0.25, 0.3) is 10.6 Å². The normalized spacial score (nSPS) is 13.2. The summed E-state index contributed by atoms with van der Waals surface area (Å²) in [5.74, 6) is 2.41. The molecule has 30 heavy (non-hydrogen) atoms. The van der Waals surface area contributed by atoms with Gasteiger partial charge in [-0.2, -0.15) is 0 Å². The summed E-state index contributed by atoms with van der Waals surface area (Å²) in [6, 6.07) is 7.47. The van der Waals surface area contributed by atoms with Crippen LogP contribution in [0.5, 0.6) is 11.5 Å². The third-order valence-corrected chi connectivity index (χ3v) is 5.79. The van der Waals surface area contributed by atoms with Crippen molar-refractivity contribution in [3.05, 3.63) is 36.2 Å². The summed E-state index contributed by atoms with van der Waals surface area (Å²) in [6.07, 6.45) is 4.10. The maximum atomic E-state index is 5.44. The number of rotatable bonds is 10. The molecule has 0 atom stereocenters. The van der Waals surface area contributed by atoms with Gasteiger partial charge in [0, 0.05) is 31.8 Å². The van der Waals surface area contributed by atoms with Gasteiger partial charge < -0.3 is 24.8 Å². The van der Waals surface area contributed by atoms with Crippen molar-refractivity contribution >= 4 is 28.1 Å². The molecule has 1 aliphatic rings. The van der Waals surface area contributed by atoms with Crippen LogP contribution in [0.15, 0.2) is 30.5 Å². The predicted molar refractivity (Wildman–Crippen MR) is 118 cm³/mol. The molecule has 2 N–H and O–H groups in total. The van der Waals surface area contributed by atoms with Crippen LogP contribution in [-0.2, 0) is 4.74 Å². The third kappa shape index (κ3) is 4.63. The molecule has 1 saturated carbocycles. The van der Waals surface area contributed by atoms with Gasteiger partial charge in [-0.25, -0.2) is 15.0 Å². The van der Waals surface area contributed by atoms with Gasteiger partial charge in [0.1, 0.15) is 11.5 Å². The first-order valence-electron chi connectivity index (χ1n) is 9.77. The van der Waals surface area contributed by atoms with Crippen molar-refractivity contribution < 1.29 is 14.2 Å². The Hall–Kier alpha value is -2.91. The summed E-state index contributed by atoms with van der Waals surface area (Å²) in [5.41, 5.74) is 2.71. The SMILES string of the molecule is COCCNc1nc(C2CC2)c(-c2ccnc(Nc3cc(OC)ccc3OC)n2)s1. The lowest BCUT2D eigenvalue weighted by molar-refractivity contribution is 0.211. The standard InChI is InChI=1S/C21H25N5O3S/c1-27-11-10-23-21-26-18(13-4-5-13)19(30-21)15-8-9-22-20(24-15)25-16-12-14(28-2)6-7-17(16)29-3/h6-9,12-13H,4-5,10-11H2,1-3H3,(H,23,26)(H,22,24,25). The van der Waals surface area contributed by atoms with E-state index in [-0.39, 0.29) is 0 Å². The van der Waals surface area contributed by atoms with Crippen molar-refractivity contribution in [3.63, 3.8) is 0 Å². The highest BCUT2D eigenvalue weighted by molar-refractivity contribution is 7.19. The Morgan fingerprint density at radius 3 is 2.70 bits per heavy atom. The topological polar surface area (TPSA) is 90.4 Å². The lowest BCUT2D eigenvalue weighted by Crippen LogP contribution is -2.07. The van der Waals surface area contributed by atoms with Gasteiger partial charge in [-0.05, 0) is 31.0 Å². The molecule has 0 amide bonds. The van der Waals surface area contributed by atoms with Gasteiger partial charge >= 0.3 is 0 Å². The Morgan fingerprint density at radius 1 is 1.10 bits per heavy atom. The minimum atomic E-state index is 0.489. The molecule has 9 heteroatoms. The summed E-state index contributed by atoms with van der Waals surface area (Å²) in [6.45, 7) is 1.36. The summed E-state index contributed by atoms with van der Waals surface area (Å²) >= 11 is 1.62. The van der Waals surface area contributed by atoms with E-state index in [0.717, 1.165) is 39.4 Å². The second-order valence-electron chi connectivity index (χ2n) is 6.88. The lowest BCUT2D eigenvalue weighted by Gasteiger charge is -2.12. The number of hydrogen-bond acceptors (Lipinski definition) is 9. The van der Waals surface area contributed by atoms with E-state index in [4.69, 9.17) is 24.2 Å². The molecule has 3 aromatic rings. The van der Waals surface area contributed by atoms with Gasteiger partial charge in [-0.15, -0.1) is 0 Å². The van der Waals surface area contributed by atoms with Crippen molar-refractivity contribution in [2.45, 2.75) is 18.8 Å². The molecular weight excluding hydrogens is 402 g/mol. The highest BCUT2D eigenvalue weighted by Gasteiger charge is 2.30. The van der Waals surface area contributed by atoms with Crippen LogP contribution in [0, 0.1) is 0 Å². The molecule has 0 aliphatic heterocycles. The van der Waals surface area contributed by atoms with E-state index < -0.39 is 0 Å². The zero-order valence-corrected chi connectivity index (χ0v) is 18.1. The van der Waals surface area contributed by atoms with Gasteiger partial charge in [0.15, 0.2) is 5.13 Å². The largest absolute Gasteiger partial charge is 0.497 e. The van der Waals surface area contributed by atoms with E-state index in [1.165, 1.54) is 12.8 Å². The molecule has 8 nitrogen and oxygen atoms in total. The Bertz CT molecular complexity index is 1010. The monoisotopic (exact) mass is 427 g/mol. The smallest absolute Gasteiger partial charge is 0.227 e. The van der Waals surface area contributed by atoms with Crippen LogP contribution in [0.3, 0.4) is 0 Å². The highest BCUT2D eigenvalue weighted by Crippen LogP contribution is 2.47. The zero-order chi connectivity index (χ0) is 20.9. The van der Waals surface area contributed by atoms with E-state index in [9.17, 15) is 0 Å². The van der Waals surface area contributed by atoms with Gasteiger partial charge in [-0.3, -0.25) is 0 Å². The number of nitrogens with zero attached hydrogens (tertiary/aromatic N) is 3. The fraction of sp³-hybridized carbons (Fsp3) is 0.381. The Balaban J connectivity index is 1.61. The molecule has 1 aliphatic carbocycles. The highest BCUT2D eigenvalue weighted by atomic mass is 32.1. The number of thiazole rings is 1. The van der Waals surface area contributed by atoms with Gasteiger partial charge in [0.25, 0.3) is 0 Å². The quantitative estimate of drug-likeness (QED) is 0.463. The number of anilines is 3. The fourth-order valence-electron chi connectivity index (χ4n) is 3.06. The van der Waals surface area contributed by atoms with E-state index in [1.54, 1.807) is 38.9 Å². The second kappa shape index (κ2) is 9.27. The van der Waals surface area contributed by atoms with Crippen LogP contribution in [0.2, 0.25) is 0 Å². The molecular formula is C21H25N5O3S. The average Bonchev–Trinajstić information content (AvgIpc) is 3.53. The van der Waals surface area contributed by atoms with Crippen molar-refractivity contribution in [2.24, 2.45) is 0 Å². The molecule has 0 radical (unpaired) electrons. The lowest BCUT2D eigenvalue weighted by atomic mass is 10.2. The predicted octanol–water partition coefficient (Wildman–Crippen LogP) is 4.30. The first-order chi connectivity index (χ1) is 14.7. The minimum Gasteiger partial charge on any atom is -0.497 e. The Morgan fingerprint density at radius 2 is 1.97 bits per heavy atom. The molecule has 0 bridgehead atoms. The summed E-state index contributed by atoms with van der Waals surface area (Å²) in [7, 11) is 4.95. The Kier molecular flexibility index (Phi) is 6.29. The average molecular weight is 428 g/mol. The van der Waals surface area contributed by atoms with Crippen molar-refractivity contribution in [2.75, 3.05) is 45.1 Å². The van der Waals surface area contributed by atoms with E-state index >= 15 is 0 Å². The number of aromatic nitrogens is 3. The molecule has 0 unspecified atom stereocenters. The molecule has 1 aromatic carbocycles. The van der Waals surface area contributed by atoms with Gasteiger partial charge in [0.2, 0.25) is 5.95 Å². The number of hydrogen-bond donors (Lipinski definition) is 2. The second-order valence-corrected chi connectivity index (χ2v) is 7.88. The van der Waals surface area contributed by atoms with Crippen molar-refractivity contribution in [3.8, 4) is 22.1 Å². The molecule has 0 spiro atoms. The fourth-order valence-corrected chi connectivity index (χ4v) is 4.11. The van der Waals surface area contributed by atoms with Crippen LogP contribution in [-0.4, -0.2) is 49.4 Å². The summed E-state index contributed by atoms with van der Waals surface area (Å²) in [5, 5.41) is 7.48. The zero-order valence-electron chi connectivity index (χ0n) is 17.3. The van der Waals surface area contributed by atoms with Crippen molar-refractivity contribution in [1.29, 1.82) is 0 Å². The van der Waals surface area contributed by atoms with E-state index in [1.807, 2.05) is 24.3 Å². The summed E-state index contributed by atoms with van der Waals surface area (Å²) < 4.78 is 15.9. The molecule has 158 valence electrons. The third-order valence-electron chi connectivity index (χ3n) is 4.74. The Labute approximate surface area is 179 Å². The molecule has 4 rings (SSSR count). The van der Waals surface area contributed by atoms with Gasteiger partial charge in [0.05, 0.1) is 42.8 Å². The first kappa shape index (κ1) is 20.4. The first-order valence-corrected chi connectivity index (χ1v) is 10.6. The summed E-state index contributed by atoms with van der Waals surface area (Å²) in [4.78, 5) is 15.0. The van der Waals surface area contributed by atoms with E-state index in [2.05, 4.69) is 15.6 Å². The van der Waals surface area contributed by atoms with Crippen LogP contribution in [0.4, 0.5) is 16.8 Å². The van der Waals surface area contributed by atoms with Crippen LogP contribution in [0.1, 0.15) is 24.5 Å².